The lowest BCUT2D eigenvalue weighted by Gasteiger charge is -2.04. The van der Waals surface area contributed by atoms with Crippen molar-refractivity contribution in [3.63, 3.8) is 0 Å². The summed E-state index contributed by atoms with van der Waals surface area (Å²) in [5.41, 5.74) is -0.190. The van der Waals surface area contributed by atoms with Crippen LogP contribution in [0.5, 0.6) is 0 Å². The molecular weight excluding hydrogens is 261 g/mol. The lowest BCUT2D eigenvalue weighted by Crippen LogP contribution is -2.09. The first-order valence-electron chi connectivity index (χ1n) is 5.59. The number of aliphatic hydroxyl groups is 1. The number of alkyl halides is 3. The second-order valence-corrected chi connectivity index (χ2v) is 3.90. The van der Waals surface area contributed by atoms with Gasteiger partial charge in [-0.15, -0.1) is 0 Å². The highest BCUT2D eigenvalue weighted by molar-refractivity contribution is 5.64. The first-order chi connectivity index (χ1) is 9.00. The van der Waals surface area contributed by atoms with Crippen LogP contribution < -0.4 is 0 Å². The van der Waals surface area contributed by atoms with E-state index in [0.717, 1.165) is 12.2 Å². The number of hydrogen-bond acceptors (Lipinski definition) is 4. The van der Waals surface area contributed by atoms with Gasteiger partial charge in [-0.05, 0) is 12.5 Å². The maximum atomic E-state index is 12.5. The third-order valence-electron chi connectivity index (χ3n) is 2.51. The van der Waals surface area contributed by atoms with Crippen LogP contribution in [0.4, 0.5) is 13.2 Å². The van der Waals surface area contributed by atoms with Crippen molar-refractivity contribution in [1.29, 1.82) is 0 Å². The summed E-state index contributed by atoms with van der Waals surface area (Å²) in [4.78, 5) is 4.00. The highest BCUT2D eigenvalue weighted by Gasteiger charge is 2.31. The van der Waals surface area contributed by atoms with Crippen molar-refractivity contribution in [2.75, 3.05) is 6.61 Å². The van der Waals surface area contributed by atoms with Gasteiger partial charge in [0.2, 0.25) is 5.89 Å². The first-order valence-corrected chi connectivity index (χ1v) is 5.59. The Hall–Kier alpha value is -1.89. The molecule has 1 aliphatic carbocycles. The van der Waals surface area contributed by atoms with Crippen molar-refractivity contribution < 1.29 is 22.8 Å². The second kappa shape index (κ2) is 5.40. The molecule has 0 aromatic carbocycles. The zero-order chi connectivity index (χ0) is 13.9. The van der Waals surface area contributed by atoms with Gasteiger partial charge in [0, 0.05) is 5.57 Å². The lowest BCUT2D eigenvalue weighted by molar-refractivity contribution is -0.0881. The van der Waals surface area contributed by atoms with Crippen molar-refractivity contribution in [3.8, 4) is 0 Å². The fourth-order valence-corrected chi connectivity index (χ4v) is 1.56. The molecule has 0 saturated carbocycles. The smallest absolute Gasteiger partial charge is 0.396 e. The summed E-state index contributed by atoms with van der Waals surface area (Å²) >= 11 is 0. The fourth-order valence-electron chi connectivity index (χ4n) is 1.56. The average Bonchev–Trinajstić information content (AvgIpc) is 2.64. The molecule has 0 spiro atoms. The van der Waals surface area contributed by atoms with Crippen molar-refractivity contribution in [3.05, 3.63) is 41.6 Å². The van der Waals surface area contributed by atoms with E-state index in [-0.39, 0.29) is 31.2 Å². The standard InChI is InChI=1S/C12H11F3N2O2/c13-12(14,15)9-3-1-2-8(4-5-9)11-16-10(6-7-18)19-17-11/h1,3-5,18H,2,6-7H2. The first kappa shape index (κ1) is 13.5. The van der Waals surface area contributed by atoms with Crippen LogP contribution in [0.25, 0.3) is 5.57 Å². The Bertz CT molecular complexity index is 541. The molecule has 4 nitrogen and oxygen atoms in total. The Morgan fingerprint density at radius 3 is 2.79 bits per heavy atom. The number of hydrogen-bond donors (Lipinski definition) is 1. The van der Waals surface area contributed by atoms with E-state index < -0.39 is 11.7 Å². The predicted octanol–water partition coefficient (Wildman–Crippen LogP) is 2.44. The SMILES string of the molecule is OCCc1nc(C2=CC=C(C(F)(F)F)C=CC2)no1. The molecule has 0 bridgehead atoms. The summed E-state index contributed by atoms with van der Waals surface area (Å²) in [7, 11) is 0. The molecule has 2 rings (SSSR count). The van der Waals surface area contributed by atoms with Gasteiger partial charge >= 0.3 is 6.18 Å². The molecular formula is C12H11F3N2O2. The van der Waals surface area contributed by atoms with Crippen molar-refractivity contribution in [2.45, 2.75) is 19.0 Å². The molecule has 0 saturated heterocycles. The van der Waals surface area contributed by atoms with Gasteiger partial charge in [-0.25, -0.2) is 0 Å². The molecule has 0 atom stereocenters. The molecule has 0 radical (unpaired) electrons. The molecule has 1 aromatic rings. The Kier molecular flexibility index (Phi) is 3.84. The van der Waals surface area contributed by atoms with Gasteiger partial charge in [0.15, 0.2) is 5.82 Å². The molecule has 0 fully saturated rings. The third-order valence-corrected chi connectivity index (χ3v) is 2.51. The predicted molar refractivity (Wildman–Crippen MR) is 61.0 cm³/mol. The van der Waals surface area contributed by atoms with Crippen LogP contribution in [0.15, 0.2) is 34.4 Å². The topological polar surface area (TPSA) is 59.2 Å². The molecule has 1 aromatic heterocycles. The highest BCUT2D eigenvalue weighted by Crippen LogP contribution is 2.29. The zero-order valence-electron chi connectivity index (χ0n) is 9.81. The summed E-state index contributed by atoms with van der Waals surface area (Å²) in [5.74, 6) is 0.499. The lowest BCUT2D eigenvalue weighted by atomic mass is 10.1. The van der Waals surface area contributed by atoms with E-state index in [2.05, 4.69) is 10.1 Å². The van der Waals surface area contributed by atoms with Gasteiger partial charge in [0.25, 0.3) is 0 Å². The summed E-state index contributed by atoms with van der Waals surface area (Å²) in [6.07, 6.45) is 0.880. The summed E-state index contributed by atoms with van der Waals surface area (Å²) in [5, 5.41) is 12.4. The molecule has 19 heavy (non-hydrogen) atoms. The number of aliphatic hydroxyl groups excluding tert-OH is 1. The monoisotopic (exact) mass is 272 g/mol. The van der Waals surface area contributed by atoms with Crippen LogP contribution in [-0.2, 0) is 6.42 Å². The number of nitrogens with zero attached hydrogens (tertiary/aromatic N) is 2. The molecule has 1 heterocycles. The summed E-state index contributed by atoms with van der Waals surface area (Å²) < 4.78 is 42.5. The van der Waals surface area contributed by atoms with Crippen LogP contribution in [0.3, 0.4) is 0 Å². The maximum absolute atomic E-state index is 12.5. The quantitative estimate of drug-likeness (QED) is 0.918. The van der Waals surface area contributed by atoms with Crippen molar-refractivity contribution in [2.24, 2.45) is 0 Å². The van der Waals surface area contributed by atoms with E-state index in [9.17, 15) is 13.2 Å². The van der Waals surface area contributed by atoms with E-state index >= 15 is 0 Å². The molecule has 0 aliphatic heterocycles. The van der Waals surface area contributed by atoms with E-state index in [0.29, 0.717) is 5.57 Å². The summed E-state index contributed by atoms with van der Waals surface area (Å²) in [6, 6.07) is 0. The van der Waals surface area contributed by atoms with Crippen molar-refractivity contribution >= 4 is 5.57 Å². The van der Waals surface area contributed by atoms with E-state index in [1.165, 1.54) is 12.2 Å². The third kappa shape index (κ3) is 3.31. The Morgan fingerprint density at radius 1 is 1.32 bits per heavy atom. The summed E-state index contributed by atoms with van der Waals surface area (Å²) in [6.45, 7) is -0.126. The fraction of sp³-hybridized carbons (Fsp3) is 0.333. The van der Waals surface area contributed by atoms with Crippen LogP contribution >= 0.6 is 0 Å². The van der Waals surface area contributed by atoms with Crippen LogP contribution in [0.2, 0.25) is 0 Å². The molecule has 1 N–H and O–H groups in total. The molecule has 1 aliphatic rings. The van der Waals surface area contributed by atoms with E-state index in [1.807, 2.05) is 0 Å². The van der Waals surface area contributed by atoms with Crippen LogP contribution in [0.1, 0.15) is 18.1 Å². The molecule has 7 heteroatoms. The van der Waals surface area contributed by atoms with Crippen LogP contribution in [0, 0.1) is 0 Å². The number of allylic oxidation sites excluding steroid dienone is 6. The number of rotatable bonds is 3. The highest BCUT2D eigenvalue weighted by atomic mass is 19.4. The van der Waals surface area contributed by atoms with E-state index in [1.54, 1.807) is 0 Å². The maximum Gasteiger partial charge on any atom is 0.416 e. The zero-order valence-corrected chi connectivity index (χ0v) is 9.81. The second-order valence-electron chi connectivity index (χ2n) is 3.90. The van der Waals surface area contributed by atoms with Gasteiger partial charge in [-0.3, -0.25) is 0 Å². The van der Waals surface area contributed by atoms with Crippen LogP contribution in [-0.4, -0.2) is 28.0 Å². The molecule has 0 amide bonds. The van der Waals surface area contributed by atoms with Gasteiger partial charge in [0.05, 0.1) is 18.6 Å². The van der Waals surface area contributed by atoms with Crippen molar-refractivity contribution in [1.82, 2.24) is 10.1 Å². The van der Waals surface area contributed by atoms with Gasteiger partial charge in [0.1, 0.15) is 0 Å². The number of aromatic nitrogens is 2. The Balaban J connectivity index is 2.23. The van der Waals surface area contributed by atoms with Gasteiger partial charge in [-0.1, -0.05) is 23.4 Å². The average molecular weight is 272 g/mol. The number of halogens is 3. The minimum atomic E-state index is -4.37. The normalized spacial score (nSPS) is 16.0. The molecule has 0 unspecified atom stereocenters. The Morgan fingerprint density at radius 2 is 2.11 bits per heavy atom. The Labute approximate surface area is 106 Å². The largest absolute Gasteiger partial charge is 0.416 e. The van der Waals surface area contributed by atoms with Gasteiger partial charge in [-0.2, -0.15) is 18.2 Å². The minimum absolute atomic E-state index is 0.126. The van der Waals surface area contributed by atoms with E-state index in [4.69, 9.17) is 9.63 Å². The van der Waals surface area contributed by atoms with Gasteiger partial charge < -0.3 is 9.63 Å². The minimum Gasteiger partial charge on any atom is -0.396 e. The molecule has 102 valence electrons.